The Hall–Kier alpha value is -4.93. The lowest BCUT2D eigenvalue weighted by atomic mass is 10.0. The Morgan fingerprint density at radius 3 is 1.83 bits per heavy atom. The van der Waals surface area contributed by atoms with Crippen LogP contribution in [0.5, 0.6) is 5.75 Å². The lowest BCUT2D eigenvalue weighted by molar-refractivity contribution is -0.142. The van der Waals surface area contributed by atoms with E-state index in [-0.39, 0.29) is 50.4 Å². The molecular formula is C24H37N9O8. The molecule has 4 atom stereocenters. The summed E-state index contributed by atoms with van der Waals surface area (Å²) in [5.74, 6) is -5.90. The van der Waals surface area contributed by atoms with Crippen LogP contribution in [-0.4, -0.2) is 82.4 Å². The van der Waals surface area contributed by atoms with E-state index < -0.39 is 66.1 Å². The minimum absolute atomic E-state index is 0.0274. The van der Waals surface area contributed by atoms with E-state index in [2.05, 4.69) is 20.9 Å². The van der Waals surface area contributed by atoms with Crippen LogP contribution in [0, 0.1) is 0 Å². The van der Waals surface area contributed by atoms with E-state index in [9.17, 15) is 39.0 Å². The van der Waals surface area contributed by atoms with Crippen molar-refractivity contribution in [2.45, 2.75) is 62.7 Å². The van der Waals surface area contributed by atoms with Crippen LogP contribution < -0.4 is 44.6 Å². The van der Waals surface area contributed by atoms with Crippen LogP contribution in [0.25, 0.3) is 0 Å². The first-order valence-electron chi connectivity index (χ1n) is 12.5. The van der Waals surface area contributed by atoms with Crippen LogP contribution >= 0.6 is 0 Å². The van der Waals surface area contributed by atoms with Gasteiger partial charge in [0.25, 0.3) is 0 Å². The number of carboxylic acids is 1. The molecule has 0 fully saturated rings. The third-order valence-corrected chi connectivity index (χ3v) is 5.64. The fraction of sp³-hybridized carbons (Fsp3) is 0.458. The molecule has 1 aromatic rings. The molecule has 1 rings (SSSR count). The highest BCUT2D eigenvalue weighted by atomic mass is 16.4. The molecule has 17 nitrogen and oxygen atoms in total. The van der Waals surface area contributed by atoms with Gasteiger partial charge >= 0.3 is 5.97 Å². The Morgan fingerprint density at radius 2 is 1.32 bits per heavy atom. The van der Waals surface area contributed by atoms with Crippen molar-refractivity contribution in [2.75, 3.05) is 6.54 Å². The van der Waals surface area contributed by atoms with Gasteiger partial charge in [-0.25, -0.2) is 4.79 Å². The van der Waals surface area contributed by atoms with Crippen LogP contribution in [0.2, 0.25) is 0 Å². The second-order valence-corrected chi connectivity index (χ2v) is 9.12. The van der Waals surface area contributed by atoms with Crippen molar-refractivity contribution in [3.8, 4) is 5.75 Å². The molecule has 4 unspecified atom stereocenters. The maximum Gasteiger partial charge on any atom is 0.326 e. The summed E-state index contributed by atoms with van der Waals surface area (Å²) < 4.78 is 0. The van der Waals surface area contributed by atoms with E-state index in [4.69, 9.17) is 28.7 Å². The minimum atomic E-state index is -1.43. The number of phenols is 1. The zero-order valence-electron chi connectivity index (χ0n) is 22.2. The molecule has 0 aliphatic heterocycles. The number of carboxylic acid groups (broad SMARTS) is 1. The van der Waals surface area contributed by atoms with Gasteiger partial charge in [0.15, 0.2) is 5.96 Å². The number of primary amides is 2. The number of carbonyl (C=O) groups excluding carboxylic acids is 5. The molecule has 17 heteroatoms. The number of phenolic OH excluding ortho intramolecular Hbond substituents is 1. The van der Waals surface area contributed by atoms with E-state index in [1.54, 1.807) is 0 Å². The highest BCUT2D eigenvalue weighted by Gasteiger charge is 2.30. The number of nitrogens with one attached hydrogen (secondary N) is 3. The average molecular weight is 580 g/mol. The Labute approximate surface area is 235 Å². The third-order valence-electron chi connectivity index (χ3n) is 5.64. The van der Waals surface area contributed by atoms with Gasteiger partial charge in [0.05, 0.1) is 12.5 Å². The molecule has 41 heavy (non-hydrogen) atoms. The van der Waals surface area contributed by atoms with E-state index in [1.807, 2.05) is 0 Å². The molecule has 0 spiro atoms. The molecular weight excluding hydrogens is 542 g/mol. The number of rotatable bonds is 18. The zero-order valence-corrected chi connectivity index (χ0v) is 22.2. The molecule has 0 saturated heterocycles. The zero-order chi connectivity index (χ0) is 31.1. The minimum Gasteiger partial charge on any atom is -0.508 e. The lowest BCUT2D eigenvalue weighted by Crippen LogP contribution is -2.57. The van der Waals surface area contributed by atoms with Crippen molar-refractivity contribution in [2.24, 2.45) is 33.7 Å². The monoisotopic (exact) mass is 579 g/mol. The third kappa shape index (κ3) is 13.6. The summed E-state index contributed by atoms with van der Waals surface area (Å²) in [6.45, 7) is 0.0957. The Bertz CT molecular complexity index is 1120. The maximum atomic E-state index is 13.2. The molecule has 15 N–H and O–H groups in total. The predicted octanol–water partition coefficient (Wildman–Crippen LogP) is -4.00. The fourth-order valence-corrected chi connectivity index (χ4v) is 3.53. The number of guanidine groups is 1. The molecule has 226 valence electrons. The van der Waals surface area contributed by atoms with Crippen LogP contribution in [0.15, 0.2) is 29.3 Å². The Kier molecular flexibility index (Phi) is 14.1. The topological polar surface area (TPSA) is 321 Å². The molecule has 0 radical (unpaired) electrons. The van der Waals surface area contributed by atoms with Crippen molar-refractivity contribution in [1.82, 2.24) is 16.0 Å². The van der Waals surface area contributed by atoms with Gasteiger partial charge in [-0.05, 0) is 37.0 Å². The first kappa shape index (κ1) is 34.1. The number of hydrogen-bond donors (Lipinski definition) is 10. The molecule has 0 aliphatic rings. The number of nitrogens with two attached hydrogens (primary N) is 5. The van der Waals surface area contributed by atoms with Crippen molar-refractivity contribution < 1.29 is 39.0 Å². The van der Waals surface area contributed by atoms with Crippen LogP contribution in [-0.2, 0) is 35.2 Å². The normalized spacial score (nSPS) is 13.5. The second kappa shape index (κ2) is 16.9. The van der Waals surface area contributed by atoms with Crippen LogP contribution in [0.1, 0.15) is 37.7 Å². The smallest absolute Gasteiger partial charge is 0.326 e. The number of amides is 5. The largest absolute Gasteiger partial charge is 0.508 e. The van der Waals surface area contributed by atoms with E-state index in [1.165, 1.54) is 24.3 Å². The molecule has 1 aromatic carbocycles. The molecule has 0 aliphatic carbocycles. The van der Waals surface area contributed by atoms with E-state index in [0.717, 1.165) is 0 Å². The van der Waals surface area contributed by atoms with Gasteiger partial charge in [-0.2, -0.15) is 0 Å². The first-order valence-corrected chi connectivity index (χ1v) is 12.5. The molecule has 0 saturated carbocycles. The summed E-state index contributed by atoms with van der Waals surface area (Å²) in [4.78, 5) is 76.9. The number of aliphatic imine (C=N–C) groups is 1. The number of aliphatic carboxylic acids is 1. The standard InChI is InChI=1S/C24H37N9O8/c25-14(11-19(27)36)20(37)31-15(2-1-9-30-24(28)29)21(38)32-16(7-8-18(26)35)22(39)33-17(23(40)41)10-12-3-5-13(34)6-4-12/h3-6,14-17,34H,1-2,7-11,25H2,(H2,26,35)(H2,27,36)(H,31,37)(H,32,38)(H,33,39)(H,40,41)(H4,28,29,30). The van der Waals surface area contributed by atoms with Crippen molar-refractivity contribution in [3.63, 3.8) is 0 Å². The second-order valence-electron chi connectivity index (χ2n) is 9.12. The predicted molar refractivity (Wildman–Crippen MR) is 145 cm³/mol. The van der Waals surface area contributed by atoms with Gasteiger partial charge in [-0.1, -0.05) is 12.1 Å². The number of benzene rings is 1. The summed E-state index contributed by atoms with van der Waals surface area (Å²) in [5, 5.41) is 26.2. The summed E-state index contributed by atoms with van der Waals surface area (Å²) in [6, 6.07) is 0.156. The van der Waals surface area contributed by atoms with E-state index in [0.29, 0.717) is 5.56 Å². The summed E-state index contributed by atoms with van der Waals surface area (Å²) in [5.41, 5.74) is 27.0. The summed E-state index contributed by atoms with van der Waals surface area (Å²) in [6.07, 6.45) is -1.09. The Balaban J connectivity index is 3.10. The van der Waals surface area contributed by atoms with Gasteiger partial charge in [0.1, 0.15) is 23.9 Å². The van der Waals surface area contributed by atoms with Gasteiger partial charge in [0, 0.05) is 19.4 Å². The number of nitrogens with zero attached hydrogens (tertiary/aromatic N) is 1. The molecule has 0 bridgehead atoms. The lowest BCUT2D eigenvalue weighted by Gasteiger charge is -2.25. The first-order chi connectivity index (χ1) is 19.2. The summed E-state index contributed by atoms with van der Waals surface area (Å²) >= 11 is 0. The van der Waals surface area contributed by atoms with Crippen LogP contribution in [0.3, 0.4) is 0 Å². The maximum absolute atomic E-state index is 13.2. The fourth-order valence-electron chi connectivity index (χ4n) is 3.53. The molecule has 0 aromatic heterocycles. The summed E-state index contributed by atoms with van der Waals surface area (Å²) in [7, 11) is 0. The highest BCUT2D eigenvalue weighted by Crippen LogP contribution is 2.12. The number of hydrogen-bond acceptors (Lipinski definition) is 9. The van der Waals surface area contributed by atoms with Gasteiger partial charge in [-0.15, -0.1) is 0 Å². The Morgan fingerprint density at radius 1 is 0.780 bits per heavy atom. The average Bonchev–Trinajstić information content (AvgIpc) is 2.87. The molecule has 0 heterocycles. The van der Waals surface area contributed by atoms with Crippen molar-refractivity contribution in [1.29, 1.82) is 0 Å². The van der Waals surface area contributed by atoms with Gasteiger partial charge in [0.2, 0.25) is 29.5 Å². The number of carbonyl (C=O) groups is 6. The highest BCUT2D eigenvalue weighted by molar-refractivity contribution is 5.95. The van der Waals surface area contributed by atoms with Gasteiger partial charge < -0.3 is 54.8 Å². The van der Waals surface area contributed by atoms with Crippen LogP contribution in [0.4, 0.5) is 0 Å². The van der Waals surface area contributed by atoms with E-state index >= 15 is 0 Å². The number of aromatic hydroxyl groups is 1. The van der Waals surface area contributed by atoms with Crippen molar-refractivity contribution in [3.05, 3.63) is 29.8 Å². The quantitative estimate of drug-likeness (QED) is 0.0453. The molecule has 5 amide bonds. The van der Waals surface area contributed by atoms with Crippen molar-refractivity contribution >= 4 is 41.5 Å². The SMILES string of the molecule is NC(=O)CCC(NC(=O)C(CCCN=C(N)N)NC(=O)C(N)CC(N)=O)C(=O)NC(Cc1ccc(O)cc1)C(=O)O. The van der Waals surface area contributed by atoms with Gasteiger partial charge in [-0.3, -0.25) is 29.0 Å².